The first-order valence-corrected chi connectivity index (χ1v) is 5.92. The van der Waals surface area contributed by atoms with Crippen molar-refractivity contribution < 1.29 is 9.90 Å². The molecule has 1 aliphatic heterocycles. The normalized spacial score (nSPS) is 22.4. The minimum Gasteiger partial charge on any atom is -0.508 e. The fourth-order valence-electron chi connectivity index (χ4n) is 1.37. The van der Waals surface area contributed by atoms with Crippen molar-refractivity contribution in [2.75, 3.05) is 0 Å². The van der Waals surface area contributed by atoms with Crippen molar-refractivity contribution in [3.63, 3.8) is 0 Å². The van der Waals surface area contributed by atoms with Gasteiger partial charge in [0, 0.05) is 0 Å². The lowest BCUT2D eigenvalue weighted by Gasteiger charge is -1.97. The number of phenols is 1. The van der Waals surface area contributed by atoms with E-state index in [1.807, 2.05) is 6.92 Å². The summed E-state index contributed by atoms with van der Waals surface area (Å²) in [6, 6.07) is 6.54. The Bertz CT molecular complexity index is 428. The molecule has 5 heteroatoms. The van der Waals surface area contributed by atoms with Crippen LogP contribution in [0.5, 0.6) is 5.75 Å². The van der Waals surface area contributed by atoms with Gasteiger partial charge in [-0.05, 0) is 30.7 Å². The van der Waals surface area contributed by atoms with Crippen LogP contribution in [-0.2, 0) is 4.79 Å². The average Bonchev–Trinajstić information content (AvgIpc) is 2.62. The van der Waals surface area contributed by atoms with E-state index in [1.54, 1.807) is 24.3 Å². The summed E-state index contributed by atoms with van der Waals surface area (Å²) in [5, 5.41) is 12.4. The van der Waals surface area contributed by atoms with Crippen LogP contribution >= 0.6 is 11.8 Å². The zero-order valence-corrected chi connectivity index (χ0v) is 9.62. The van der Waals surface area contributed by atoms with Crippen LogP contribution in [0.15, 0.2) is 29.3 Å². The van der Waals surface area contributed by atoms with Crippen molar-refractivity contribution in [1.82, 2.24) is 5.32 Å². The van der Waals surface area contributed by atoms with E-state index in [0.717, 1.165) is 12.1 Å². The maximum absolute atomic E-state index is 11.4. The average molecular weight is 236 g/mol. The number of aromatic hydroxyl groups is 1. The Hall–Kier alpha value is -1.49. The number of aliphatic imine (C=N–C) groups is 1. The zero-order chi connectivity index (χ0) is 11.5. The van der Waals surface area contributed by atoms with Gasteiger partial charge in [-0.15, -0.1) is 0 Å². The predicted octanol–water partition coefficient (Wildman–Crippen LogP) is 2.02. The van der Waals surface area contributed by atoms with Crippen LogP contribution in [0, 0.1) is 0 Å². The van der Waals surface area contributed by atoms with Crippen molar-refractivity contribution in [2.24, 2.45) is 4.99 Å². The number of carbonyl (C=O) groups excluding carboxylic acids is 1. The maximum atomic E-state index is 11.4. The molecule has 1 aliphatic rings. The van der Waals surface area contributed by atoms with Gasteiger partial charge >= 0.3 is 0 Å². The minimum atomic E-state index is -0.0316. The highest BCUT2D eigenvalue weighted by molar-refractivity contribution is 8.15. The molecule has 0 aromatic heterocycles. The molecular formula is C11H12N2O2S. The Morgan fingerprint density at radius 3 is 2.69 bits per heavy atom. The minimum absolute atomic E-state index is 0.0185. The second-order valence-electron chi connectivity index (χ2n) is 3.44. The SMILES string of the molecule is CCC1SC(=Nc2ccc(O)cc2)NC1=O. The number of hydrogen-bond acceptors (Lipinski definition) is 4. The smallest absolute Gasteiger partial charge is 0.239 e. The number of amidine groups is 1. The van der Waals surface area contributed by atoms with Gasteiger partial charge in [-0.3, -0.25) is 4.79 Å². The van der Waals surface area contributed by atoms with E-state index in [4.69, 9.17) is 5.11 Å². The highest BCUT2D eigenvalue weighted by Crippen LogP contribution is 2.25. The van der Waals surface area contributed by atoms with Crippen molar-refractivity contribution in [1.29, 1.82) is 0 Å². The van der Waals surface area contributed by atoms with E-state index in [9.17, 15) is 4.79 Å². The van der Waals surface area contributed by atoms with Crippen LogP contribution in [0.4, 0.5) is 5.69 Å². The van der Waals surface area contributed by atoms with E-state index < -0.39 is 0 Å². The predicted molar refractivity (Wildman–Crippen MR) is 65.0 cm³/mol. The van der Waals surface area contributed by atoms with Crippen LogP contribution in [0.3, 0.4) is 0 Å². The largest absolute Gasteiger partial charge is 0.508 e. The second kappa shape index (κ2) is 4.57. The second-order valence-corrected chi connectivity index (χ2v) is 4.63. The van der Waals surface area contributed by atoms with Gasteiger partial charge in [0.15, 0.2) is 5.17 Å². The molecule has 4 nitrogen and oxygen atoms in total. The van der Waals surface area contributed by atoms with Crippen LogP contribution in [-0.4, -0.2) is 21.4 Å². The number of nitrogens with one attached hydrogen (secondary N) is 1. The number of carbonyl (C=O) groups is 1. The molecule has 0 bridgehead atoms. The first-order chi connectivity index (χ1) is 7.69. The summed E-state index contributed by atoms with van der Waals surface area (Å²) in [5.74, 6) is 0.225. The molecule has 0 saturated carbocycles. The summed E-state index contributed by atoms with van der Waals surface area (Å²) in [6.07, 6.45) is 0.797. The van der Waals surface area contributed by atoms with Gasteiger partial charge in [0.25, 0.3) is 0 Å². The van der Waals surface area contributed by atoms with Gasteiger partial charge in [-0.1, -0.05) is 18.7 Å². The molecule has 1 atom stereocenters. The summed E-state index contributed by atoms with van der Waals surface area (Å²) < 4.78 is 0. The lowest BCUT2D eigenvalue weighted by molar-refractivity contribution is -0.118. The van der Waals surface area contributed by atoms with Gasteiger partial charge in [0.2, 0.25) is 5.91 Å². The van der Waals surface area contributed by atoms with E-state index in [0.29, 0.717) is 5.17 Å². The van der Waals surface area contributed by atoms with Crippen LogP contribution in [0.1, 0.15) is 13.3 Å². The topological polar surface area (TPSA) is 61.7 Å². The Morgan fingerprint density at radius 2 is 2.12 bits per heavy atom. The Balaban J connectivity index is 2.14. The molecule has 1 unspecified atom stereocenters. The molecule has 0 radical (unpaired) electrons. The molecule has 84 valence electrons. The van der Waals surface area contributed by atoms with Crippen molar-refractivity contribution in [2.45, 2.75) is 18.6 Å². The van der Waals surface area contributed by atoms with Crippen LogP contribution in [0.2, 0.25) is 0 Å². The summed E-state index contributed by atoms with van der Waals surface area (Å²) in [4.78, 5) is 15.7. The molecule has 0 spiro atoms. The number of nitrogens with zero attached hydrogens (tertiary/aromatic N) is 1. The van der Waals surface area contributed by atoms with E-state index in [-0.39, 0.29) is 16.9 Å². The van der Waals surface area contributed by atoms with Gasteiger partial charge < -0.3 is 10.4 Å². The molecule has 1 aromatic carbocycles. The highest BCUT2D eigenvalue weighted by atomic mass is 32.2. The molecule has 1 aromatic rings. The quantitative estimate of drug-likeness (QED) is 0.825. The lowest BCUT2D eigenvalue weighted by Crippen LogP contribution is -2.24. The monoisotopic (exact) mass is 236 g/mol. The highest BCUT2D eigenvalue weighted by Gasteiger charge is 2.28. The Kier molecular flexibility index (Phi) is 3.14. The summed E-state index contributed by atoms with van der Waals surface area (Å²) in [5.41, 5.74) is 0.720. The number of benzene rings is 1. The number of phenolic OH excluding ortho intramolecular Hbond substituents is 1. The van der Waals surface area contributed by atoms with Crippen molar-refractivity contribution in [3.05, 3.63) is 24.3 Å². The maximum Gasteiger partial charge on any atom is 0.239 e. The van der Waals surface area contributed by atoms with E-state index >= 15 is 0 Å². The molecule has 2 N–H and O–H groups in total. The van der Waals surface area contributed by atoms with Gasteiger partial charge in [0.05, 0.1) is 10.9 Å². The summed E-state index contributed by atoms with van der Waals surface area (Å²) in [7, 11) is 0. The summed E-state index contributed by atoms with van der Waals surface area (Å²) >= 11 is 1.44. The fourth-order valence-corrected chi connectivity index (χ4v) is 2.29. The number of rotatable bonds is 2. The first kappa shape index (κ1) is 11.0. The molecule has 1 heterocycles. The summed E-state index contributed by atoms with van der Waals surface area (Å²) in [6.45, 7) is 1.97. The first-order valence-electron chi connectivity index (χ1n) is 5.04. The zero-order valence-electron chi connectivity index (χ0n) is 8.80. The molecular weight excluding hydrogens is 224 g/mol. The lowest BCUT2D eigenvalue weighted by atomic mass is 10.3. The molecule has 1 fully saturated rings. The van der Waals surface area contributed by atoms with Gasteiger partial charge in [0.1, 0.15) is 5.75 Å². The van der Waals surface area contributed by atoms with Crippen molar-refractivity contribution in [3.8, 4) is 5.75 Å². The number of thioether (sulfide) groups is 1. The molecule has 0 aliphatic carbocycles. The third-order valence-electron chi connectivity index (χ3n) is 2.23. The molecule has 1 amide bonds. The van der Waals surface area contributed by atoms with E-state index in [2.05, 4.69) is 10.3 Å². The Morgan fingerprint density at radius 1 is 1.44 bits per heavy atom. The third-order valence-corrected chi connectivity index (χ3v) is 3.48. The standard InChI is InChI=1S/C11H12N2O2S/c1-2-9-10(15)13-11(16-9)12-7-3-5-8(14)6-4-7/h3-6,9,14H,2H2,1H3,(H,12,13,15). The van der Waals surface area contributed by atoms with Gasteiger partial charge in [-0.25, -0.2) is 4.99 Å². The molecule has 16 heavy (non-hydrogen) atoms. The molecule has 1 saturated heterocycles. The van der Waals surface area contributed by atoms with Gasteiger partial charge in [-0.2, -0.15) is 0 Å². The van der Waals surface area contributed by atoms with E-state index in [1.165, 1.54) is 11.8 Å². The van der Waals surface area contributed by atoms with Crippen LogP contribution < -0.4 is 5.32 Å². The number of amides is 1. The van der Waals surface area contributed by atoms with Crippen molar-refractivity contribution >= 4 is 28.5 Å². The Labute approximate surface area is 97.8 Å². The van der Waals surface area contributed by atoms with Crippen LogP contribution in [0.25, 0.3) is 0 Å². The fraction of sp³-hybridized carbons (Fsp3) is 0.273. The molecule has 2 rings (SSSR count). The third kappa shape index (κ3) is 2.36. The number of hydrogen-bond donors (Lipinski definition) is 2.